The topological polar surface area (TPSA) is 162 Å². The van der Waals surface area contributed by atoms with Gasteiger partial charge in [-0.15, -0.1) is 0 Å². The standard InChI is InChI=1S/C19H37N2O8PS/c1-4-5-6-7-8-9-16(23)31-13-12-20-15(22)10-11-21-18(25)17(24)19(2,3)14-29-30(26,27)28/h17,24H,4-14H2,1-3H3,(H,20,22)(H,21,25)(H2,26,27,28). The van der Waals surface area contributed by atoms with Crippen LogP contribution in [0.3, 0.4) is 0 Å². The first kappa shape index (κ1) is 30.0. The van der Waals surface area contributed by atoms with E-state index in [9.17, 15) is 24.1 Å². The summed E-state index contributed by atoms with van der Waals surface area (Å²) in [6.45, 7) is 4.78. The minimum atomic E-state index is -4.72. The SMILES string of the molecule is CCCCCCCC(=O)SCCNC(=O)CCNC(=O)C(O)C(C)(C)COP(=O)(O)O. The van der Waals surface area contributed by atoms with Crippen LogP contribution in [0.15, 0.2) is 0 Å². The van der Waals surface area contributed by atoms with Crippen LogP contribution in [-0.4, -0.2) is 63.4 Å². The van der Waals surface area contributed by atoms with Gasteiger partial charge in [0.05, 0.1) is 6.61 Å². The Kier molecular flexibility index (Phi) is 15.3. The van der Waals surface area contributed by atoms with Crippen LogP contribution < -0.4 is 10.6 Å². The summed E-state index contributed by atoms with van der Waals surface area (Å²) < 4.78 is 15.1. The van der Waals surface area contributed by atoms with Crippen molar-refractivity contribution < 1.29 is 38.4 Å². The number of phosphoric acid groups is 1. The fourth-order valence-electron chi connectivity index (χ4n) is 2.47. The molecule has 0 aliphatic heterocycles. The summed E-state index contributed by atoms with van der Waals surface area (Å²) in [7, 11) is -4.72. The van der Waals surface area contributed by atoms with Gasteiger partial charge in [-0.25, -0.2) is 4.57 Å². The average molecular weight is 485 g/mol. The number of unbranched alkanes of at least 4 members (excludes halogenated alkanes) is 4. The predicted molar refractivity (Wildman–Crippen MR) is 119 cm³/mol. The third kappa shape index (κ3) is 16.3. The van der Waals surface area contributed by atoms with Gasteiger partial charge >= 0.3 is 7.82 Å². The minimum absolute atomic E-state index is 0.00604. The van der Waals surface area contributed by atoms with E-state index in [1.807, 2.05) is 0 Å². The first-order valence-corrected chi connectivity index (χ1v) is 13.0. The van der Waals surface area contributed by atoms with Crippen molar-refractivity contribution in [3.63, 3.8) is 0 Å². The van der Waals surface area contributed by atoms with Gasteiger partial charge in [-0.05, 0) is 6.42 Å². The van der Waals surface area contributed by atoms with Crippen LogP contribution in [0.2, 0.25) is 0 Å². The average Bonchev–Trinajstić information content (AvgIpc) is 2.68. The van der Waals surface area contributed by atoms with E-state index in [2.05, 4.69) is 22.1 Å². The molecule has 0 aliphatic carbocycles. The van der Waals surface area contributed by atoms with Crippen LogP contribution >= 0.6 is 19.6 Å². The Bertz CT molecular complexity index is 612. The summed E-state index contributed by atoms with van der Waals surface area (Å²) in [4.78, 5) is 53.0. The van der Waals surface area contributed by atoms with E-state index in [1.54, 1.807) is 0 Å². The summed E-state index contributed by atoms with van der Waals surface area (Å²) >= 11 is 1.20. The van der Waals surface area contributed by atoms with E-state index in [0.717, 1.165) is 19.3 Å². The molecule has 10 nitrogen and oxygen atoms in total. The van der Waals surface area contributed by atoms with Crippen LogP contribution in [0, 0.1) is 5.41 Å². The van der Waals surface area contributed by atoms with Gasteiger partial charge < -0.3 is 25.5 Å². The molecule has 0 radical (unpaired) electrons. The van der Waals surface area contributed by atoms with E-state index in [1.165, 1.54) is 38.5 Å². The third-order valence-electron chi connectivity index (χ3n) is 4.42. The van der Waals surface area contributed by atoms with Crippen LogP contribution in [0.1, 0.15) is 65.7 Å². The molecule has 1 unspecified atom stereocenters. The molecule has 182 valence electrons. The second-order valence-electron chi connectivity index (χ2n) is 7.93. The zero-order valence-electron chi connectivity index (χ0n) is 18.6. The Hall–Kier alpha value is -0.970. The molecule has 0 saturated carbocycles. The summed E-state index contributed by atoms with van der Waals surface area (Å²) in [6, 6.07) is 0. The molecule has 0 aromatic rings. The first-order valence-electron chi connectivity index (χ1n) is 10.5. The third-order valence-corrected chi connectivity index (χ3v) is 5.82. The normalized spacial score (nSPS) is 13.0. The van der Waals surface area contributed by atoms with Crippen LogP contribution in [0.5, 0.6) is 0 Å². The number of aliphatic hydroxyl groups excluding tert-OH is 1. The molecule has 0 aromatic carbocycles. The number of thioether (sulfide) groups is 1. The lowest BCUT2D eigenvalue weighted by atomic mass is 9.87. The monoisotopic (exact) mass is 484 g/mol. The van der Waals surface area contributed by atoms with E-state index in [0.29, 0.717) is 18.7 Å². The summed E-state index contributed by atoms with van der Waals surface area (Å²) in [5, 5.41) is 15.2. The molecule has 0 spiro atoms. The number of aliphatic hydroxyl groups is 1. The number of hydrogen-bond acceptors (Lipinski definition) is 7. The summed E-state index contributed by atoms with van der Waals surface area (Å²) in [6.07, 6.45) is 4.43. The largest absolute Gasteiger partial charge is 0.469 e. The molecular formula is C19H37N2O8PS. The highest BCUT2D eigenvalue weighted by Gasteiger charge is 2.35. The quantitative estimate of drug-likeness (QED) is 0.153. The van der Waals surface area contributed by atoms with Gasteiger partial charge in [0.1, 0.15) is 6.10 Å². The maximum Gasteiger partial charge on any atom is 0.469 e. The lowest BCUT2D eigenvalue weighted by Gasteiger charge is -2.29. The molecule has 12 heteroatoms. The van der Waals surface area contributed by atoms with Crippen LogP contribution in [0.25, 0.3) is 0 Å². The Morgan fingerprint density at radius 3 is 2.29 bits per heavy atom. The molecule has 5 N–H and O–H groups in total. The number of carbonyl (C=O) groups is 3. The molecule has 0 heterocycles. The lowest BCUT2D eigenvalue weighted by Crippen LogP contribution is -2.46. The number of amides is 2. The number of phosphoric ester groups is 1. The van der Waals surface area contributed by atoms with Crippen molar-refractivity contribution in [1.82, 2.24) is 10.6 Å². The molecule has 31 heavy (non-hydrogen) atoms. The van der Waals surface area contributed by atoms with Crippen molar-refractivity contribution in [2.75, 3.05) is 25.4 Å². The summed E-state index contributed by atoms with van der Waals surface area (Å²) in [5.41, 5.74) is -1.24. The molecule has 2 amide bonds. The lowest BCUT2D eigenvalue weighted by molar-refractivity contribution is -0.137. The fraction of sp³-hybridized carbons (Fsp3) is 0.842. The van der Waals surface area contributed by atoms with E-state index in [4.69, 9.17) is 9.79 Å². The molecule has 0 aromatic heterocycles. The molecule has 0 rings (SSSR count). The van der Waals surface area contributed by atoms with Gasteiger partial charge in [0.15, 0.2) is 5.12 Å². The maximum absolute atomic E-state index is 12.0. The van der Waals surface area contributed by atoms with Crippen molar-refractivity contribution in [2.45, 2.75) is 71.8 Å². The van der Waals surface area contributed by atoms with Crippen molar-refractivity contribution in [3.05, 3.63) is 0 Å². The van der Waals surface area contributed by atoms with Gasteiger partial charge in [-0.1, -0.05) is 58.2 Å². The molecule has 0 fully saturated rings. The number of carbonyl (C=O) groups excluding carboxylic acids is 3. The van der Waals surface area contributed by atoms with Crippen molar-refractivity contribution >= 4 is 36.5 Å². The van der Waals surface area contributed by atoms with Crippen molar-refractivity contribution in [2.24, 2.45) is 5.41 Å². The Morgan fingerprint density at radius 2 is 1.68 bits per heavy atom. The second-order valence-corrected chi connectivity index (χ2v) is 10.3. The van der Waals surface area contributed by atoms with Gasteiger partial charge in [-0.3, -0.25) is 18.9 Å². The highest BCUT2D eigenvalue weighted by Crippen LogP contribution is 2.38. The smallest absolute Gasteiger partial charge is 0.383 e. The van der Waals surface area contributed by atoms with Crippen LogP contribution in [-0.2, 0) is 23.5 Å². The molecular weight excluding hydrogens is 447 g/mol. The van der Waals surface area contributed by atoms with Crippen molar-refractivity contribution in [3.8, 4) is 0 Å². The van der Waals surface area contributed by atoms with Gasteiger partial charge in [0.25, 0.3) is 0 Å². The number of nitrogens with one attached hydrogen (secondary N) is 2. The molecule has 0 aliphatic rings. The number of hydrogen-bond donors (Lipinski definition) is 5. The predicted octanol–water partition coefficient (Wildman–Crippen LogP) is 1.73. The zero-order valence-corrected chi connectivity index (χ0v) is 20.3. The first-order chi connectivity index (χ1) is 14.4. The molecule has 1 atom stereocenters. The van der Waals surface area contributed by atoms with E-state index in [-0.39, 0.29) is 24.0 Å². The minimum Gasteiger partial charge on any atom is -0.383 e. The van der Waals surface area contributed by atoms with Gasteiger partial charge in [-0.2, -0.15) is 0 Å². The zero-order chi connectivity index (χ0) is 23.9. The van der Waals surface area contributed by atoms with Crippen molar-refractivity contribution in [1.29, 1.82) is 0 Å². The Labute approximate surface area is 188 Å². The fourth-order valence-corrected chi connectivity index (χ4v) is 3.69. The highest BCUT2D eigenvalue weighted by atomic mass is 32.2. The Balaban J connectivity index is 3.94. The van der Waals surface area contributed by atoms with E-state index >= 15 is 0 Å². The maximum atomic E-state index is 12.0. The van der Waals surface area contributed by atoms with Crippen LogP contribution in [0.4, 0.5) is 0 Å². The number of rotatable bonds is 17. The summed E-state index contributed by atoms with van der Waals surface area (Å²) in [5.74, 6) is -0.586. The van der Waals surface area contributed by atoms with Gasteiger partial charge in [0.2, 0.25) is 11.8 Å². The molecule has 0 saturated heterocycles. The second kappa shape index (κ2) is 15.8. The van der Waals surface area contributed by atoms with E-state index < -0.39 is 31.9 Å². The molecule has 0 bridgehead atoms. The Morgan fingerprint density at radius 1 is 1.03 bits per heavy atom. The van der Waals surface area contributed by atoms with Gasteiger partial charge in [0, 0.05) is 37.1 Å². The highest BCUT2D eigenvalue weighted by molar-refractivity contribution is 8.13.